The Kier molecular flexibility index (Phi) is 8.10. The van der Waals surface area contributed by atoms with Crippen LogP contribution in [0.2, 0.25) is 0 Å². The Bertz CT molecular complexity index is 809. The molecule has 1 aromatic carbocycles. The maximum Gasteiger partial charge on any atom is 0.173 e. The van der Waals surface area contributed by atoms with Crippen LogP contribution in [0.3, 0.4) is 0 Å². The first-order valence-electron chi connectivity index (χ1n) is 8.85. The SMILES string of the molecule is C=CC/C=C(\C=C/C)C(C)(F)c1ccc(/C(O)=C(\C)N=C(C)C(C)=O)cc1. The molecule has 144 valence electrons. The number of hydrogen-bond acceptors (Lipinski definition) is 3. The average Bonchev–Trinajstić information content (AvgIpc) is 2.64. The van der Waals surface area contributed by atoms with Crippen molar-refractivity contribution in [3.63, 3.8) is 0 Å². The summed E-state index contributed by atoms with van der Waals surface area (Å²) in [5.74, 6) is -0.202. The number of nitrogens with zero attached hydrogens (tertiary/aromatic N) is 1. The highest BCUT2D eigenvalue weighted by molar-refractivity contribution is 6.38. The van der Waals surface area contributed by atoms with Gasteiger partial charge in [0.25, 0.3) is 0 Å². The minimum absolute atomic E-state index is 0.0430. The number of ketones is 1. The first-order chi connectivity index (χ1) is 12.6. The Balaban J connectivity index is 3.26. The van der Waals surface area contributed by atoms with Gasteiger partial charge in [0.1, 0.15) is 5.76 Å². The second-order valence-electron chi connectivity index (χ2n) is 6.45. The third-order valence-electron chi connectivity index (χ3n) is 4.28. The van der Waals surface area contributed by atoms with Crippen LogP contribution < -0.4 is 0 Å². The Morgan fingerprint density at radius 3 is 2.33 bits per heavy atom. The fourth-order valence-corrected chi connectivity index (χ4v) is 2.51. The molecule has 1 aromatic rings. The standard InChI is InChI=1S/C23H28FNO2/c1-7-9-11-20(10-8-2)23(6,24)21-14-12-19(13-15-21)22(27)17(4)25-16(3)18(5)26/h7-8,10-15,27H,1,9H2,2-6H3/b10-8-,20-11+,22-17-,25-16?. The van der Waals surface area contributed by atoms with E-state index in [2.05, 4.69) is 11.6 Å². The van der Waals surface area contributed by atoms with Crippen LogP contribution in [-0.2, 0) is 10.5 Å². The Labute approximate surface area is 161 Å². The normalized spacial score (nSPS) is 16.1. The van der Waals surface area contributed by atoms with Crippen LogP contribution in [0.15, 0.2) is 71.4 Å². The van der Waals surface area contributed by atoms with Crippen LogP contribution in [0.5, 0.6) is 0 Å². The number of aliphatic hydroxyl groups excluding tert-OH is 1. The molecule has 0 spiro atoms. The lowest BCUT2D eigenvalue weighted by atomic mass is 9.88. The van der Waals surface area contributed by atoms with Crippen molar-refractivity contribution in [2.24, 2.45) is 4.99 Å². The number of benzene rings is 1. The largest absolute Gasteiger partial charge is 0.505 e. The number of aliphatic imine (C=N–C) groups is 1. The zero-order chi connectivity index (χ0) is 20.6. The molecule has 3 nitrogen and oxygen atoms in total. The summed E-state index contributed by atoms with van der Waals surface area (Å²) in [5, 5.41) is 10.4. The summed E-state index contributed by atoms with van der Waals surface area (Å²) in [6.45, 7) is 11.7. The number of rotatable bonds is 8. The molecule has 0 heterocycles. The third kappa shape index (κ3) is 5.88. The van der Waals surface area contributed by atoms with Gasteiger partial charge in [0.15, 0.2) is 11.5 Å². The molecule has 0 amide bonds. The molecule has 1 rings (SSSR count). The number of hydrogen-bond donors (Lipinski definition) is 1. The van der Waals surface area contributed by atoms with Gasteiger partial charge in [-0.3, -0.25) is 9.79 Å². The molecule has 1 atom stereocenters. The van der Waals surface area contributed by atoms with Crippen molar-refractivity contribution in [1.29, 1.82) is 0 Å². The number of Topliss-reactive ketones (excluding diaryl/α,β-unsaturated/α-hetero) is 1. The predicted octanol–water partition coefficient (Wildman–Crippen LogP) is 6.25. The summed E-state index contributed by atoms with van der Waals surface area (Å²) >= 11 is 0. The van der Waals surface area contributed by atoms with Crippen LogP contribution >= 0.6 is 0 Å². The topological polar surface area (TPSA) is 49.7 Å². The Morgan fingerprint density at radius 1 is 1.26 bits per heavy atom. The molecule has 0 bridgehead atoms. The van der Waals surface area contributed by atoms with Crippen LogP contribution in [0.25, 0.3) is 5.76 Å². The van der Waals surface area contributed by atoms with Crippen molar-refractivity contribution < 1.29 is 14.3 Å². The fraction of sp³-hybridized carbons (Fsp3) is 0.304. The average molecular weight is 369 g/mol. The maximum atomic E-state index is 15.5. The van der Waals surface area contributed by atoms with E-state index in [0.29, 0.717) is 34.5 Å². The van der Waals surface area contributed by atoms with E-state index < -0.39 is 5.67 Å². The molecule has 0 saturated carbocycles. The van der Waals surface area contributed by atoms with Crippen molar-refractivity contribution in [2.45, 2.75) is 46.7 Å². The summed E-state index contributed by atoms with van der Waals surface area (Å²) in [4.78, 5) is 15.4. The molecule has 1 unspecified atom stereocenters. The van der Waals surface area contributed by atoms with Gasteiger partial charge in [-0.15, -0.1) is 6.58 Å². The summed E-state index contributed by atoms with van der Waals surface area (Å²) in [5.41, 5.74) is 0.513. The van der Waals surface area contributed by atoms with Crippen molar-refractivity contribution in [1.82, 2.24) is 0 Å². The maximum absolute atomic E-state index is 15.5. The molecule has 27 heavy (non-hydrogen) atoms. The van der Waals surface area contributed by atoms with Gasteiger partial charge >= 0.3 is 0 Å². The summed E-state index contributed by atoms with van der Waals surface area (Å²) in [6, 6.07) is 6.58. The van der Waals surface area contributed by atoms with Gasteiger partial charge in [0, 0.05) is 12.5 Å². The van der Waals surface area contributed by atoms with Crippen LogP contribution in [-0.4, -0.2) is 16.6 Å². The molecule has 4 heteroatoms. The molecule has 0 fully saturated rings. The highest BCUT2D eigenvalue weighted by Gasteiger charge is 2.29. The van der Waals surface area contributed by atoms with E-state index in [4.69, 9.17) is 0 Å². The van der Waals surface area contributed by atoms with E-state index in [1.165, 1.54) is 13.8 Å². The molecule has 1 N–H and O–H groups in total. The quantitative estimate of drug-likeness (QED) is 0.255. The van der Waals surface area contributed by atoms with Crippen LogP contribution in [0.4, 0.5) is 4.39 Å². The fourth-order valence-electron chi connectivity index (χ4n) is 2.51. The van der Waals surface area contributed by atoms with Gasteiger partial charge in [-0.1, -0.05) is 48.6 Å². The van der Waals surface area contributed by atoms with Crippen molar-refractivity contribution in [3.8, 4) is 0 Å². The van der Waals surface area contributed by atoms with Gasteiger partial charge in [-0.05, 0) is 45.3 Å². The second kappa shape index (κ2) is 9.81. The van der Waals surface area contributed by atoms with Crippen LogP contribution in [0, 0.1) is 0 Å². The lowest BCUT2D eigenvalue weighted by molar-refractivity contribution is -0.111. The Hall–Kier alpha value is -2.75. The molecule has 0 aliphatic heterocycles. The third-order valence-corrected chi connectivity index (χ3v) is 4.28. The van der Waals surface area contributed by atoms with Crippen LogP contribution in [0.1, 0.15) is 52.2 Å². The number of aliphatic hydroxyl groups is 1. The monoisotopic (exact) mass is 369 g/mol. The lowest BCUT2D eigenvalue weighted by Gasteiger charge is -2.23. The number of allylic oxidation sites excluding steroid dienone is 6. The van der Waals surface area contributed by atoms with Crippen molar-refractivity contribution in [2.75, 3.05) is 0 Å². The van der Waals surface area contributed by atoms with Gasteiger partial charge < -0.3 is 5.11 Å². The molecule has 0 radical (unpaired) electrons. The van der Waals surface area contributed by atoms with E-state index in [1.807, 2.05) is 13.0 Å². The first-order valence-corrected chi connectivity index (χ1v) is 8.85. The van der Waals surface area contributed by atoms with E-state index >= 15 is 4.39 Å². The van der Waals surface area contributed by atoms with Gasteiger partial charge in [-0.25, -0.2) is 4.39 Å². The summed E-state index contributed by atoms with van der Waals surface area (Å²) < 4.78 is 15.5. The van der Waals surface area contributed by atoms with Crippen molar-refractivity contribution >= 4 is 17.3 Å². The van der Waals surface area contributed by atoms with E-state index in [-0.39, 0.29) is 11.5 Å². The number of halogens is 1. The summed E-state index contributed by atoms with van der Waals surface area (Å²) in [7, 11) is 0. The predicted molar refractivity (Wildman–Crippen MR) is 112 cm³/mol. The lowest BCUT2D eigenvalue weighted by Crippen LogP contribution is -2.17. The number of carbonyl (C=O) groups is 1. The minimum Gasteiger partial charge on any atom is -0.505 e. The van der Waals surface area contributed by atoms with Crippen molar-refractivity contribution in [3.05, 3.63) is 77.5 Å². The second-order valence-corrected chi connectivity index (χ2v) is 6.45. The molecule has 0 aliphatic rings. The smallest absolute Gasteiger partial charge is 0.173 e. The number of alkyl halides is 1. The van der Waals surface area contributed by atoms with Gasteiger partial charge in [0.05, 0.1) is 11.4 Å². The van der Waals surface area contributed by atoms with E-state index in [0.717, 1.165) is 0 Å². The minimum atomic E-state index is -1.67. The van der Waals surface area contributed by atoms with Gasteiger partial charge in [-0.2, -0.15) is 0 Å². The number of carbonyl (C=O) groups excluding carboxylic acids is 1. The zero-order valence-electron chi connectivity index (χ0n) is 16.7. The van der Waals surface area contributed by atoms with Gasteiger partial charge in [0.2, 0.25) is 0 Å². The van der Waals surface area contributed by atoms with E-state index in [9.17, 15) is 9.90 Å². The highest BCUT2D eigenvalue weighted by atomic mass is 19.1. The highest BCUT2D eigenvalue weighted by Crippen LogP contribution is 2.35. The summed E-state index contributed by atoms with van der Waals surface area (Å²) in [6.07, 6.45) is 7.65. The Morgan fingerprint density at radius 2 is 1.85 bits per heavy atom. The zero-order valence-corrected chi connectivity index (χ0v) is 16.7. The molecule has 0 aliphatic carbocycles. The molecular formula is C23H28FNO2. The van der Waals surface area contributed by atoms with E-state index in [1.54, 1.807) is 56.3 Å². The first kappa shape index (κ1) is 22.3. The molecule has 0 saturated heterocycles. The molecular weight excluding hydrogens is 341 g/mol. The molecule has 0 aromatic heterocycles.